The monoisotopic (exact) mass is 346 g/mol. The largest absolute Gasteiger partial charge is 0.379 e. The first-order valence-corrected chi connectivity index (χ1v) is 8.58. The standard InChI is InChI=1S/C16H18N4O3S/c17-15(21)13-3-1-2-12(19-13)6-11-7-20(4-5-23-8-11)16(22)14-9-24-10-18-14/h1-3,9-11H,4-8H2,(H2,17,21). The third-order valence-corrected chi connectivity index (χ3v) is 4.42. The van der Waals surface area contributed by atoms with Crippen LogP contribution in [0.15, 0.2) is 29.1 Å². The van der Waals surface area contributed by atoms with E-state index in [0.717, 1.165) is 5.69 Å². The minimum atomic E-state index is -0.547. The topological polar surface area (TPSA) is 98.4 Å². The molecule has 1 aliphatic rings. The summed E-state index contributed by atoms with van der Waals surface area (Å²) in [6, 6.07) is 5.20. The van der Waals surface area contributed by atoms with Gasteiger partial charge in [-0.1, -0.05) is 6.07 Å². The van der Waals surface area contributed by atoms with Gasteiger partial charge in [-0.2, -0.15) is 0 Å². The fourth-order valence-electron chi connectivity index (χ4n) is 2.69. The molecule has 1 fully saturated rings. The molecule has 2 N–H and O–H groups in total. The Morgan fingerprint density at radius 2 is 2.25 bits per heavy atom. The van der Waals surface area contributed by atoms with E-state index in [0.29, 0.717) is 38.4 Å². The molecule has 0 saturated carbocycles. The van der Waals surface area contributed by atoms with Crippen molar-refractivity contribution in [1.29, 1.82) is 0 Å². The minimum absolute atomic E-state index is 0.0782. The number of ether oxygens (including phenoxy) is 1. The number of thiazole rings is 1. The zero-order valence-corrected chi connectivity index (χ0v) is 13.9. The van der Waals surface area contributed by atoms with Crippen molar-refractivity contribution in [3.8, 4) is 0 Å². The first kappa shape index (κ1) is 16.5. The van der Waals surface area contributed by atoms with Crippen LogP contribution in [-0.4, -0.2) is 53.0 Å². The molecule has 0 radical (unpaired) electrons. The molecule has 1 aliphatic heterocycles. The molecule has 0 spiro atoms. The Morgan fingerprint density at radius 3 is 3.00 bits per heavy atom. The number of nitrogens with zero attached hydrogens (tertiary/aromatic N) is 3. The van der Waals surface area contributed by atoms with Gasteiger partial charge in [-0.05, 0) is 18.6 Å². The van der Waals surface area contributed by atoms with Crippen molar-refractivity contribution in [3.05, 3.63) is 46.2 Å². The number of aromatic nitrogens is 2. The molecular formula is C16H18N4O3S. The third kappa shape index (κ3) is 3.95. The number of rotatable bonds is 4. The zero-order valence-electron chi connectivity index (χ0n) is 13.1. The number of hydrogen-bond donors (Lipinski definition) is 1. The Balaban J connectivity index is 1.70. The Kier molecular flexibility index (Phi) is 5.17. The lowest BCUT2D eigenvalue weighted by molar-refractivity contribution is 0.0732. The van der Waals surface area contributed by atoms with E-state index in [2.05, 4.69) is 9.97 Å². The van der Waals surface area contributed by atoms with Crippen LogP contribution in [0.25, 0.3) is 0 Å². The van der Waals surface area contributed by atoms with Gasteiger partial charge in [-0.15, -0.1) is 11.3 Å². The van der Waals surface area contributed by atoms with Crippen LogP contribution < -0.4 is 5.73 Å². The second-order valence-electron chi connectivity index (χ2n) is 5.65. The van der Waals surface area contributed by atoms with Crippen LogP contribution in [0, 0.1) is 5.92 Å². The maximum absolute atomic E-state index is 12.5. The molecule has 7 nitrogen and oxygen atoms in total. The van der Waals surface area contributed by atoms with E-state index in [1.807, 2.05) is 6.07 Å². The van der Waals surface area contributed by atoms with Gasteiger partial charge in [0.2, 0.25) is 0 Å². The van der Waals surface area contributed by atoms with Crippen molar-refractivity contribution in [2.45, 2.75) is 6.42 Å². The van der Waals surface area contributed by atoms with Crippen LogP contribution in [0.1, 0.15) is 26.7 Å². The highest BCUT2D eigenvalue weighted by atomic mass is 32.1. The Labute approximate surface area is 143 Å². The molecule has 2 aromatic rings. The maximum atomic E-state index is 12.5. The zero-order chi connectivity index (χ0) is 16.9. The molecule has 0 bridgehead atoms. The number of carbonyl (C=O) groups excluding carboxylic acids is 2. The SMILES string of the molecule is NC(=O)c1cccc(CC2COCCN(C(=O)c3cscn3)C2)n1. The van der Waals surface area contributed by atoms with Gasteiger partial charge in [-0.25, -0.2) is 9.97 Å². The van der Waals surface area contributed by atoms with Crippen LogP contribution >= 0.6 is 11.3 Å². The normalized spacial score (nSPS) is 18.2. The predicted molar refractivity (Wildman–Crippen MR) is 88.8 cm³/mol. The summed E-state index contributed by atoms with van der Waals surface area (Å²) in [4.78, 5) is 33.9. The first-order chi connectivity index (χ1) is 11.6. The summed E-state index contributed by atoms with van der Waals surface area (Å²) >= 11 is 1.40. The van der Waals surface area contributed by atoms with E-state index in [1.54, 1.807) is 27.9 Å². The van der Waals surface area contributed by atoms with Crippen LogP contribution in [0.2, 0.25) is 0 Å². The molecule has 0 aliphatic carbocycles. The summed E-state index contributed by atoms with van der Waals surface area (Å²) in [6.07, 6.45) is 0.613. The average molecular weight is 346 g/mol. The summed E-state index contributed by atoms with van der Waals surface area (Å²) in [5, 5.41) is 1.75. The van der Waals surface area contributed by atoms with Crippen molar-refractivity contribution < 1.29 is 14.3 Å². The average Bonchev–Trinajstić information content (AvgIpc) is 3.02. The lowest BCUT2D eigenvalue weighted by atomic mass is 10.0. The molecule has 3 rings (SSSR count). The number of amides is 2. The van der Waals surface area contributed by atoms with Gasteiger partial charge in [0, 0.05) is 30.1 Å². The molecule has 2 aromatic heterocycles. The molecular weight excluding hydrogens is 328 g/mol. The van der Waals surface area contributed by atoms with Crippen molar-refractivity contribution in [2.75, 3.05) is 26.3 Å². The second-order valence-corrected chi connectivity index (χ2v) is 6.37. The van der Waals surface area contributed by atoms with E-state index >= 15 is 0 Å². The highest BCUT2D eigenvalue weighted by molar-refractivity contribution is 7.07. The molecule has 8 heteroatoms. The minimum Gasteiger partial charge on any atom is -0.379 e. The number of primary amides is 1. The van der Waals surface area contributed by atoms with E-state index in [1.165, 1.54) is 11.3 Å². The van der Waals surface area contributed by atoms with E-state index in [-0.39, 0.29) is 17.5 Å². The number of pyridine rings is 1. The van der Waals surface area contributed by atoms with E-state index in [9.17, 15) is 9.59 Å². The molecule has 1 unspecified atom stereocenters. The van der Waals surface area contributed by atoms with Gasteiger partial charge in [0.25, 0.3) is 11.8 Å². The molecule has 1 atom stereocenters. The molecule has 24 heavy (non-hydrogen) atoms. The third-order valence-electron chi connectivity index (χ3n) is 3.83. The second kappa shape index (κ2) is 7.50. The fraction of sp³-hybridized carbons (Fsp3) is 0.375. The van der Waals surface area contributed by atoms with E-state index in [4.69, 9.17) is 10.5 Å². The van der Waals surface area contributed by atoms with Crippen LogP contribution in [0.3, 0.4) is 0 Å². The number of nitrogens with two attached hydrogens (primary N) is 1. The van der Waals surface area contributed by atoms with Gasteiger partial charge in [0.05, 0.1) is 18.7 Å². The predicted octanol–water partition coefficient (Wildman–Crippen LogP) is 0.968. The van der Waals surface area contributed by atoms with Crippen molar-refractivity contribution in [1.82, 2.24) is 14.9 Å². The van der Waals surface area contributed by atoms with Crippen LogP contribution in [0.5, 0.6) is 0 Å². The van der Waals surface area contributed by atoms with Gasteiger partial charge in [0.15, 0.2) is 0 Å². The van der Waals surface area contributed by atoms with Crippen LogP contribution in [0.4, 0.5) is 0 Å². The quantitative estimate of drug-likeness (QED) is 0.889. The van der Waals surface area contributed by atoms with Gasteiger partial charge in [-0.3, -0.25) is 9.59 Å². The van der Waals surface area contributed by atoms with Crippen molar-refractivity contribution >= 4 is 23.2 Å². The lowest BCUT2D eigenvalue weighted by Crippen LogP contribution is -2.36. The number of carbonyl (C=O) groups is 2. The summed E-state index contributed by atoms with van der Waals surface area (Å²) in [5.74, 6) is -0.523. The Bertz CT molecular complexity index is 720. The van der Waals surface area contributed by atoms with Crippen molar-refractivity contribution in [3.63, 3.8) is 0 Å². The molecule has 126 valence electrons. The number of hydrogen-bond acceptors (Lipinski definition) is 6. The maximum Gasteiger partial charge on any atom is 0.273 e. The molecule has 2 amide bonds. The lowest BCUT2D eigenvalue weighted by Gasteiger charge is -2.22. The highest BCUT2D eigenvalue weighted by Gasteiger charge is 2.25. The molecule has 3 heterocycles. The van der Waals surface area contributed by atoms with Crippen molar-refractivity contribution in [2.24, 2.45) is 11.7 Å². The molecule has 1 saturated heterocycles. The summed E-state index contributed by atoms with van der Waals surface area (Å²) in [5.41, 5.74) is 8.40. The van der Waals surface area contributed by atoms with E-state index < -0.39 is 5.91 Å². The molecule has 0 aromatic carbocycles. The first-order valence-electron chi connectivity index (χ1n) is 7.64. The summed E-state index contributed by atoms with van der Waals surface area (Å²) < 4.78 is 5.62. The fourth-order valence-corrected chi connectivity index (χ4v) is 3.22. The summed E-state index contributed by atoms with van der Waals surface area (Å²) in [6.45, 7) is 2.16. The van der Waals surface area contributed by atoms with Gasteiger partial charge in [0.1, 0.15) is 11.4 Å². The van der Waals surface area contributed by atoms with Gasteiger partial charge >= 0.3 is 0 Å². The van der Waals surface area contributed by atoms with Gasteiger partial charge < -0.3 is 15.4 Å². The summed E-state index contributed by atoms with van der Waals surface area (Å²) in [7, 11) is 0. The van der Waals surface area contributed by atoms with Crippen LogP contribution in [-0.2, 0) is 11.2 Å². The highest BCUT2D eigenvalue weighted by Crippen LogP contribution is 2.15. The smallest absolute Gasteiger partial charge is 0.273 e. The Morgan fingerprint density at radius 1 is 1.38 bits per heavy atom. The Hall–Kier alpha value is -2.32.